The highest BCUT2D eigenvalue weighted by Gasteiger charge is 2.30. The van der Waals surface area contributed by atoms with Crippen LogP contribution >= 0.6 is 0 Å². The van der Waals surface area contributed by atoms with E-state index in [1.54, 1.807) is 0 Å². The quantitative estimate of drug-likeness (QED) is 0.665. The molecular weight excluding hydrogens is 322 g/mol. The standard InChI is InChI=1S/C22H25N3O/c1-16(2)24(14-17-8-4-3-5-9-17)21(26)15-25-20-11-7-6-10-19(20)23-22(25)18-12-13-18/h3-11,16,18H,12-15H2,1-2H3. The number of fused-ring (bicyclic) bond motifs is 1. The van der Waals surface area contributed by atoms with E-state index < -0.39 is 0 Å². The van der Waals surface area contributed by atoms with Gasteiger partial charge in [0.25, 0.3) is 0 Å². The summed E-state index contributed by atoms with van der Waals surface area (Å²) in [6.45, 7) is 5.16. The minimum Gasteiger partial charge on any atom is -0.334 e. The molecule has 0 atom stereocenters. The zero-order chi connectivity index (χ0) is 18.1. The van der Waals surface area contributed by atoms with Gasteiger partial charge >= 0.3 is 0 Å². The molecule has 4 heteroatoms. The molecule has 1 saturated carbocycles. The van der Waals surface area contributed by atoms with Gasteiger partial charge in [0.2, 0.25) is 5.91 Å². The van der Waals surface area contributed by atoms with Crippen molar-refractivity contribution in [3.63, 3.8) is 0 Å². The topological polar surface area (TPSA) is 38.1 Å². The first-order valence-corrected chi connectivity index (χ1v) is 9.42. The van der Waals surface area contributed by atoms with Crippen LogP contribution in [0.15, 0.2) is 54.6 Å². The number of para-hydroxylation sites is 2. The van der Waals surface area contributed by atoms with Gasteiger partial charge in [-0.05, 0) is 44.4 Å². The third-order valence-corrected chi connectivity index (χ3v) is 5.06. The zero-order valence-corrected chi connectivity index (χ0v) is 15.4. The minimum absolute atomic E-state index is 0.147. The third kappa shape index (κ3) is 3.36. The normalized spacial score (nSPS) is 14.1. The van der Waals surface area contributed by atoms with Crippen molar-refractivity contribution in [3.05, 3.63) is 66.0 Å². The highest BCUT2D eigenvalue weighted by atomic mass is 16.2. The van der Waals surface area contributed by atoms with Gasteiger partial charge in [-0.15, -0.1) is 0 Å². The molecule has 26 heavy (non-hydrogen) atoms. The van der Waals surface area contributed by atoms with Gasteiger partial charge in [0, 0.05) is 18.5 Å². The second kappa shape index (κ2) is 6.94. The molecule has 1 amide bonds. The lowest BCUT2D eigenvalue weighted by atomic mass is 10.2. The Kier molecular flexibility index (Phi) is 4.49. The molecule has 2 aromatic carbocycles. The van der Waals surface area contributed by atoms with E-state index in [1.165, 1.54) is 12.8 Å². The van der Waals surface area contributed by atoms with E-state index in [0.717, 1.165) is 22.4 Å². The van der Waals surface area contributed by atoms with Crippen LogP contribution in [0.5, 0.6) is 0 Å². The number of carbonyl (C=O) groups is 1. The molecule has 1 aliphatic carbocycles. The van der Waals surface area contributed by atoms with E-state index in [-0.39, 0.29) is 11.9 Å². The van der Waals surface area contributed by atoms with Crippen molar-refractivity contribution in [1.82, 2.24) is 14.5 Å². The minimum atomic E-state index is 0.147. The average Bonchev–Trinajstić information content (AvgIpc) is 3.43. The summed E-state index contributed by atoms with van der Waals surface area (Å²) in [5.41, 5.74) is 3.21. The molecule has 1 aliphatic rings. The van der Waals surface area contributed by atoms with Crippen molar-refractivity contribution < 1.29 is 4.79 Å². The summed E-state index contributed by atoms with van der Waals surface area (Å²) >= 11 is 0. The van der Waals surface area contributed by atoms with Gasteiger partial charge in [0.05, 0.1) is 11.0 Å². The Labute approximate surface area is 154 Å². The maximum absolute atomic E-state index is 13.2. The Hall–Kier alpha value is -2.62. The molecule has 4 rings (SSSR count). The molecule has 4 nitrogen and oxygen atoms in total. The van der Waals surface area contributed by atoms with E-state index in [2.05, 4.69) is 36.6 Å². The number of hydrogen-bond acceptors (Lipinski definition) is 2. The number of nitrogens with zero attached hydrogens (tertiary/aromatic N) is 3. The van der Waals surface area contributed by atoms with Gasteiger partial charge in [0.15, 0.2) is 0 Å². The Morgan fingerprint density at radius 2 is 1.81 bits per heavy atom. The summed E-state index contributed by atoms with van der Waals surface area (Å²) < 4.78 is 2.13. The summed E-state index contributed by atoms with van der Waals surface area (Å²) in [7, 11) is 0. The molecule has 0 radical (unpaired) electrons. The van der Waals surface area contributed by atoms with Gasteiger partial charge in [0.1, 0.15) is 12.4 Å². The van der Waals surface area contributed by atoms with E-state index in [9.17, 15) is 4.79 Å². The number of rotatable bonds is 6. The maximum Gasteiger partial charge on any atom is 0.243 e. The van der Waals surface area contributed by atoms with E-state index >= 15 is 0 Å². The van der Waals surface area contributed by atoms with E-state index in [1.807, 2.05) is 41.3 Å². The third-order valence-electron chi connectivity index (χ3n) is 5.06. The number of carbonyl (C=O) groups excluding carboxylic acids is 1. The van der Waals surface area contributed by atoms with Crippen LogP contribution in [0.3, 0.4) is 0 Å². The average molecular weight is 347 g/mol. The van der Waals surface area contributed by atoms with Crippen LogP contribution in [0.2, 0.25) is 0 Å². The monoisotopic (exact) mass is 347 g/mol. The molecule has 1 heterocycles. The fraction of sp³-hybridized carbons (Fsp3) is 0.364. The Balaban J connectivity index is 1.62. The van der Waals surface area contributed by atoms with Crippen LogP contribution in [-0.2, 0) is 17.9 Å². The van der Waals surface area contributed by atoms with Gasteiger partial charge < -0.3 is 9.47 Å². The highest BCUT2D eigenvalue weighted by Crippen LogP contribution is 2.40. The van der Waals surface area contributed by atoms with Gasteiger partial charge in [-0.25, -0.2) is 4.98 Å². The van der Waals surface area contributed by atoms with E-state index in [4.69, 9.17) is 4.98 Å². The predicted octanol–water partition coefficient (Wildman–Crippen LogP) is 4.35. The molecule has 134 valence electrons. The maximum atomic E-state index is 13.2. The lowest BCUT2D eigenvalue weighted by Crippen LogP contribution is -2.38. The fourth-order valence-electron chi connectivity index (χ4n) is 3.48. The Morgan fingerprint density at radius 1 is 1.12 bits per heavy atom. The molecule has 1 fully saturated rings. The van der Waals surface area contributed by atoms with Crippen molar-refractivity contribution in [3.8, 4) is 0 Å². The SMILES string of the molecule is CC(C)N(Cc1ccccc1)C(=O)Cn1c(C2CC2)nc2ccccc21. The van der Waals surface area contributed by atoms with Gasteiger partial charge in [-0.2, -0.15) is 0 Å². The molecule has 0 N–H and O–H groups in total. The summed E-state index contributed by atoms with van der Waals surface area (Å²) in [4.78, 5) is 19.9. The highest BCUT2D eigenvalue weighted by molar-refractivity contribution is 5.81. The van der Waals surface area contributed by atoms with Crippen LogP contribution in [0.25, 0.3) is 11.0 Å². The van der Waals surface area contributed by atoms with Crippen molar-refractivity contribution in [2.45, 2.75) is 51.7 Å². The Bertz CT molecular complexity index is 910. The first-order valence-electron chi connectivity index (χ1n) is 9.42. The summed E-state index contributed by atoms with van der Waals surface area (Å²) in [5.74, 6) is 1.73. The summed E-state index contributed by atoms with van der Waals surface area (Å²) in [6, 6.07) is 18.5. The van der Waals surface area contributed by atoms with Gasteiger partial charge in [-0.3, -0.25) is 4.79 Å². The van der Waals surface area contributed by atoms with Crippen LogP contribution in [0.1, 0.15) is 44.0 Å². The zero-order valence-electron chi connectivity index (χ0n) is 15.4. The largest absolute Gasteiger partial charge is 0.334 e. The summed E-state index contributed by atoms with van der Waals surface area (Å²) in [5, 5.41) is 0. The number of benzene rings is 2. The van der Waals surface area contributed by atoms with Crippen LogP contribution in [0.4, 0.5) is 0 Å². The molecule has 0 bridgehead atoms. The van der Waals surface area contributed by atoms with Crippen LogP contribution in [0, 0.1) is 0 Å². The second-order valence-corrected chi connectivity index (χ2v) is 7.42. The fourth-order valence-corrected chi connectivity index (χ4v) is 3.48. The smallest absolute Gasteiger partial charge is 0.243 e. The lowest BCUT2D eigenvalue weighted by Gasteiger charge is -2.27. The predicted molar refractivity (Wildman–Crippen MR) is 104 cm³/mol. The second-order valence-electron chi connectivity index (χ2n) is 7.42. The van der Waals surface area contributed by atoms with Crippen molar-refractivity contribution in [2.24, 2.45) is 0 Å². The number of hydrogen-bond donors (Lipinski definition) is 0. The van der Waals surface area contributed by atoms with Gasteiger partial charge in [-0.1, -0.05) is 42.5 Å². The molecule has 3 aromatic rings. The number of imidazole rings is 1. The van der Waals surface area contributed by atoms with Crippen molar-refractivity contribution in [2.75, 3.05) is 0 Å². The molecule has 0 spiro atoms. The van der Waals surface area contributed by atoms with Crippen LogP contribution in [-0.4, -0.2) is 26.4 Å². The molecule has 0 aliphatic heterocycles. The number of amides is 1. The Morgan fingerprint density at radius 3 is 2.50 bits per heavy atom. The first kappa shape index (κ1) is 16.8. The van der Waals surface area contributed by atoms with Crippen LogP contribution < -0.4 is 0 Å². The molecule has 0 saturated heterocycles. The molecule has 0 unspecified atom stereocenters. The van der Waals surface area contributed by atoms with Crippen molar-refractivity contribution in [1.29, 1.82) is 0 Å². The lowest BCUT2D eigenvalue weighted by molar-refractivity contribution is -0.134. The summed E-state index contributed by atoms with van der Waals surface area (Å²) in [6.07, 6.45) is 2.35. The molecule has 1 aromatic heterocycles. The number of aromatic nitrogens is 2. The first-order chi connectivity index (χ1) is 12.6. The molecular formula is C22H25N3O. The van der Waals surface area contributed by atoms with E-state index in [0.29, 0.717) is 19.0 Å². The van der Waals surface area contributed by atoms with Crippen molar-refractivity contribution >= 4 is 16.9 Å².